The molecular weight excluding hydrogens is 331 g/mol. The molecule has 0 aliphatic rings. The van der Waals surface area contributed by atoms with Gasteiger partial charge in [0.1, 0.15) is 0 Å². The first-order valence-electron chi connectivity index (χ1n) is 8.97. The van der Waals surface area contributed by atoms with Crippen LogP contribution in [0.25, 0.3) is 10.9 Å². The van der Waals surface area contributed by atoms with Crippen LogP contribution in [0.2, 0.25) is 0 Å². The molecule has 2 N–H and O–H groups in total. The third-order valence-corrected chi connectivity index (χ3v) is 3.91. The zero-order valence-corrected chi connectivity index (χ0v) is 14.9. The summed E-state index contributed by atoms with van der Waals surface area (Å²) in [6, 6.07) is 8.87. The van der Waals surface area contributed by atoms with Crippen molar-refractivity contribution in [2.24, 2.45) is 5.73 Å². The number of benzene rings is 1. The molecule has 0 radical (unpaired) electrons. The van der Waals surface area contributed by atoms with Gasteiger partial charge in [0.05, 0.1) is 12.1 Å². The van der Waals surface area contributed by atoms with Gasteiger partial charge in [-0.25, -0.2) is 9.37 Å². The van der Waals surface area contributed by atoms with E-state index in [0.717, 1.165) is 49.4 Å². The van der Waals surface area contributed by atoms with E-state index in [1.807, 2.05) is 36.4 Å². The molecular formula is C21H25FN2O2. The lowest BCUT2D eigenvalue weighted by atomic mass is 10.1. The summed E-state index contributed by atoms with van der Waals surface area (Å²) in [4.78, 5) is 14.7. The number of pyridine rings is 1. The maximum Gasteiger partial charge on any atom is 0.250 e. The van der Waals surface area contributed by atoms with Crippen LogP contribution in [0.3, 0.4) is 0 Å². The normalized spacial score (nSPS) is 11.6. The van der Waals surface area contributed by atoms with Gasteiger partial charge in [0.2, 0.25) is 5.91 Å². The Kier molecular flexibility index (Phi) is 8.33. The SMILES string of the molecule is NC(=O)/C=C/C=C/CCCCCCCOc1nc2ccccc2cc1F. The summed E-state index contributed by atoms with van der Waals surface area (Å²) < 4.78 is 19.4. The van der Waals surface area contributed by atoms with E-state index in [1.165, 1.54) is 12.1 Å². The first-order valence-corrected chi connectivity index (χ1v) is 8.97. The molecule has 5 heteroatoms. The molecule has 0 aliphatic heterocycles. The number of nitrogens with two attached hydrogens (primary N) is 1. The van der Waals surface area contributed by atoms with Crippen LogP contribution in [0.4, 0.5) is 4.39 Å². The lowest BCUT2D eigenvalue weighted by molar-refractivity contribution is -0.113. The van der Waals surface area contributed by atoms with E-state index >= 15 is 0 Å². The average Bonchev–Trinajstić information content (AvgIpc) is 2.62. The Labute approximate surface area is 153 Å². The predicted octanol–water partition coefficient (Wildman–Crippen LogP) is 4.69. The number of hydrogen-bond donors (Lipinski definition) is 1. The second-order valence-corrected chi connectivity index (χ2v) is 6.06. The van der Waals surface area contributed by atoms with Crippen molar-refractivity contribution in [2.45, 2.75) is 38.5 Å². The van der Waals surface area contributed by atoms with Crippen LogP contribution in [0.15, 0.2) is 54.6 Å². The highest BCUT2D eigenvalue weighted by Gasteiger charge is 2.07. The molecule has 2 rings (SSSR count). The van der Waals surface area contributed by atoms with Crippen LogP contribution in [0.1, 0.15) is 38.5 Å². The predicted molar refractivity (Wildman–Crippen MR) is 102 cm³/mol. The molecule has 1 amide bonds. The van der Waals surface area contributed by atoms with E-state index in [4.69, 9.17) is 10.5 Å². The number of para-hydroxylation sites is 1. The van der Waals surface area contributed by atoms with Crippen LogP contribution in [0, 0.1) is 5.82 Å². The maximum atomic E-state index is 13.9. The van der Waals surface area contributed by atoms with Crippen molar-refractivity contribution in [3.63, 3.8) is 0 Å². The number of unbranched alkanes of at least 4 members (excludes halogenated alkanes) is 5. The van der Waals surface area contributed by atoms with Crippen LogP contribution < -0.4 is 10.5 Å². The van der Waals surface area contributed by atoms with Gasteiger partial charge in [-0.3, -0.25) is 4.79 Å². The minimum Gasteiger partial charge on any atom is -0.476 e. The summed E-state index contributed by atoms with van der Waals surface area (Å²) in [7, 11) is 0. The highest BCUT2D eigenvalue weighted by Crippen LogP contribution is 2.21. The number of nitrogens with zero attached hydrogens (tertiary/aromatic N) is 1. The smallest absolute Gasteiger partial charge is 0.250 e. The van der Waals surface area contributed by atoms with Gasteiger partial charge in [0, 0.05) is 11.5 Å². The maximum absolute atomic E-state index is 13.9. The molecule has 0 aliphatic carbocycles. The Hall–Kier alpha value is -2.69. The number of hydrogen-bond acceptors (Lipinski definition) is 3. The Balaban J connectivity index is 1.57. The molecule has 0 fully saturated rings. The van der Waals surface area contributed by atoms with Gasteiger partial charge in [-0.15, -0.1) is 0 Å². The highest BCUT2D eigenvalue weighted by atomic mass is 19.1. The van der Waals surface area contributed by atoms with Crippen LogP contribution >= 0.6 is 0 Å². The minimum atomic E-state index is -0.435. The quantitative estimate of drug-likeness (QED) is 0.361. The van der Waals surface area contributed by atoms with Crippen molar-refractivity contribution in [3.05, 3.63) is 60.5 Å². The average molecular weight is 356 g/mol. The second-order valence-electron chi connectivity index (χ2n) is 6.06. The topological polar surface area (TPSA) is 65.2 Å². The van der Waals surface area contributed by atoms with Gasteiger partial charge in [-0.2, -0.15) is 0 Å². The monoisotopic (exact) mass is 356 g/mol. The van der Waals surface area contributed by atoms with Gasteiger partial charge in [0.15, 0.2) is 5.82 Å². The Morgan fingerprint density at radius 2 is 1.88 bits per heavy atom. The summed E-state index contributed by atoms with van der Waals surface area (Å²) in [5.41, 5.74) is 5.73. The number of fused-ring (bicyclic) bond motifs is 1. The molecule has 2 aromatic rings. The number of rotatable bonds is 11. The van der Waals surface area contributed by atoms with Crippen molar-refractivity contribution in [1.82, 2.24) is 4.98 Å². The first-order chi connectivity index (χ1) is 12.7. The van der Waals surface area contributed by atoms with Crippen LogP contribution in [0.5, 0.6) is 5.88 Å². The summed E-state index contributed by atoms with van der Waals surface area (Å²) >= 11 is 0. The Bertz CT molecular complexity index is 772. The number of halogens is 1. The van der Waals surface area contributed by atoms with E-state index in [9.17, 15) is 9.18 Å². The summed E-state index contributed by atoms with van der Waals surface area (Å²) in [5.74, 6) is -0.769. The molecule has 4 nitrogen and oxygen atoms in total. The van der Waals surface area contributed by atoms with E-state index in [2.05, 4.69) is 4.98 Å². The zero-order chi connectivity index (χ0) is 18.6. The molecule has 138 valence electrons. The Morgan fingerprint density at radius 3 is 2.73 bits per heavy atom. The molecule has 0 saturated carbocycles. The number of carbonyl (C=O) groups is 1. The third-order valence-electron chi connectivity index (χ3n) is 3.91. The van der Waals surface area contributed by atoms with Crippen molar-refractivity contribution in [1.29, 1.82) is 0 Å². The van der Waals surface area contributed by atoms with E-state index in [-0.39, 0.29) is 5.88 Å². The summed E-state index contributed by atoms with van der Waals surface area (Å²) in [5, 5.41) is 0.775. The molecule has 0 unspecified atom stereocenters. The summed E-state index contributed by atoms with van der Waals surface area (Å²) in [6.45, 7) is 0.472. The molecule has 1 heterocycles. The van der Waals surface area contributed by atoms with Crippen molar-refractivity contribution < 1.29 is 13.9 Å². The number of aromatic nitrogens is 1. The number of allylic oxidation sites excluding steroid dienone is 3. The molecule has 1 aromatic heterocycles. The minimum absolute atomic E-state index is 0.0813. The number of carbonyl (C=O) groups excluding carboxylic acids is 1. The number of ether oxygens (including phenoxy) is 1. The van der Waals surface area contributed by atoms with Crippen molar-refractivity contribution in [3.8, 4) is 5.88 Å². The van der Waals surface area contributed by atoms with Crippen molar-refractivity contribution >= 4 is 16.8 Å². The van der Waals surface area contributed by atoms with Gasteiger partial charge in [0.25, 0.3) is 5.88 Å². The lowest BCUT2D eigenvalue weighted by Gasteiger charge is -2.07. The Morgan fingerprint density at radius 1 is 1.12 bits per heavy atom. The molecule has 0 spiro atoms. The highest BCUT2D eigenvalue weighted by molar-refractivity contribution is 5.85. The van der Waals surface area contributed by atoms with Gasteiger partial charge < -0.3 is 10.5 Å². The van der Waals surface area contributed by atoms with Gasteiger partial charge >= 0.3 is 0 Å². The fourth-order valence-corrected chi connectivity index (χ4v) is 2.56. The summed E-state index contributed by atoms with van der Waals surface area (Å²) in [6.07, 6.45) is 13.1. The second kappa shape index (κ2) is 11.0. The fraction of sp³-hybridized carbons (Fsp3) is 0.333. The molecule has 0 atom stereocenters. The van der Waals surface area contributed by atoms with Gasteiger partial charge in [-0.05, 0) is 31.4 Å². The number of primary amides is 1. The largest absolute Gasteiger partial charge is 0.476 e. The van der Waals surface area contributed by atoms with E-state index in [1.54, 1.807) is 6.08 Å². The lowest BCUT2D eigenvalue weighted by Crippen LogP contribution is -2.04. The van der Waals surface area contributed by atoms with E-state index < -0.39 is 11.7 Å². The van der Waals surface area contributed by atoms with Crippen LogP contribution in [-0.2, 0) is 4.79 Å². The molecule has 26 heavy (non-hydrogen) atoms. The van der Waals surface area contributed by atoms with Gasteiger partial charge in [-0.1, -0.05) is 55.7 Å². The standard InChI is InChI=1S/C21H25FN2O2/c22-18-16-17-12-9-10-13-19(17)24-21(18)26-15-11-7-5-3-1-2-4-6-8-14-20(23)25/h4,6,8-10,12-14,16H,1-3,5,7,11,15H2,(H2,23,25)/b6-4+,14-8+. The first kappa shape index (κ1) is 19.6. The van der Waals surface area contributed by atoms with Crippen molar-refractivity contribution in [2.75, 3.05) is 6.61 Å². The molecule has 1 aromatic carbocycles. The van der Waals surface area contributed by atoms with Crippen LogP contribution in [-0.4, -0.2) is 17.5 Å². The van der Waals surface area contributed by atoms with E-state index in [0.29, 0.717) is 6.61 Å². The number of amides is 1. The third kappa shape index (κ3) is 7.05. The zero-order valence-electron chi connectivity index (χ0n) is 14.9. The fourth-order valence-electron chi connectivity index (χ4n) is 2.56. The molecule has 0 saturated heterocycles. The molecule has 0 bridgehead atoms.